The van der Waals surface area contributed by atoms with Crippen LogP contribution in [0.15, 0.2) is 30.3 Å². The van der Waals surface area contributed by atoms with Gasteiger partial charge in [-0.15, -0.1) is 0 Å². The van der Waals surface area contributed by atoms with Gasteiger partial charge in [-0.2, -0.15) is 0 Å². The second-order valence-corrected chi connectivity index (χ2v) is 5.26. The summed E-state index contributed by atoms with van der Waals surface area (Å²) in [5.41, 5.74) is 0. The van der Waals surface area contributed by atoms with Gasteiger partial charge in [0.15, 0.2) is 0 Å². The third-order valence-corrected chi connectivity index (χ3v) is 3.42. The summed E-state index contributed by atoms with van der Waals surface area (Å²) in [6.07, 6.45) is 4.82. The Morgan fingerprint density at radius 1 is 1.30 bits per heavy atom. The predicted molar refractivity (Wildman–Crippen MR) is 77.7 cm³/mol. The standard InChI is InChI=1S/C16H23NO3/c1-13(20-15-9-3-2-4-10-15)11-17-16(18)12-19-14-7-5-6-8-14/h2-4,9-10,13-14H,5-8,11-12H2,1H3,(H,17,18). The summed E-state index contributed by atoms with van der Waals surface area (Å²) < 4.78 is 11.2. The number of benzene rings is 1. The van der Waals surface area contributed by atoms with Crippen LogP contribution in [0.4, 0.5) is 0 Å². The molecule has 1 aliphatic rings. The Balaban J connectivity index is 1.60. The fourth-order valence-electron chi connectivity index (χ4n) is 2.33. The maximum atomic E-state index is 11.7. The molecule has 1 N–H and O–H groups in total. The van der Waals surface area contributed by atoms with Crippen LogP contribution in [0.1, 0.15) is 32.6 Å². The van der Waals surface area contributed by atoms with Crippen LogP contribution < -0.4 is 10.1 Å². The van der Waals surface area contributed by atoms with Crippen molar-refractivity contribution in [3.63, 3.8) is 0 Å². The van der Waals surface area contributed by atoms with Crippen LogP contribution in [0.5, 0.6) is 5.75 Å². The highest BCUT2D eigenvalue weighted by Gasteiger charge is 2.16. The first-order chi connectivity index (χ1) is 9.74. The van der Waals surface area contributed by atoms with E-state index in [2.05, 4.69) is 5.32 Å². The van der Waals surface area contributed by atoms with Crippen molar-refractivity contribution in [3.8, 4) is 5.75 Å². The van der Waals surface area contributed by atoms with Crippen molar-refractivity contribution in [2.75, 3.05) is 13.2 Å². The Hall–Kier alpha value is -1.55. The van der Waals surface area contributed by atoms with Gasteiger partial charge in [-0.25, -0.2) is 0 Å². The van der Waals surface area contributed by atoms with Gasteiger partial charge in [0.25, 0.3) is 0 Å². The Morgan fingerprint density at radius 2 is 2.00 bits per heavy atom. The number of hydrogen-bond donors (Lipinski definition) is 1. The monoisotopic (exact) mass is 277 g/mol. The molecule has 4 heteroatoms. The van der Waals surface area contributed by atoms with Crippen molar-refractivity contribution in [1.82, 2.24) is 5.32 Å². The van der Waals surface area contributed by atoms with E-state index in [1.165, 1.54) is 12.8 Å². The van der Waals surface area contributed by atoms with Gasteiger partial charge >= 0.3 is 0 Å². The molecule has 4 nitrogen and oxygen atoms in total. The minimum absolute atomic E-state index is 0.0622. The van der Waals surface area contributed by atoms with Gasteiger partial charge in [-0.3, -0.25) is 4.79 Å². The minimum Gasteiger partial charge on any atom is -0.489 e. The molecule has 1 fully saturated rings. The third kappa shape index (κ3) is 5.21. The largest absolute Gasteiger partial charge is 0.489 e. The molecule has 1 atom stereocenters. The zero-order chi connectivity index (χ0) is 14.2. The quantitative estimate of drug-likeness (QED) is 0.833. The maximum Gasteiger partial charge on any atom is 0.246 e. The molecule has 110 valence electrons. The lowest BCUT2D eigenvalue weighted by Crippen LogP contribution is -2.36. The van der Waals surface area contributed by atoms with Gasteiger partial charge in [0.05, 0.1) is 12.6 Å². The second-order valence-electron chi connectivity index (χ2n) is 5.26. The number of hydrogen-bond acceptors (Lipinski definition) is 3. The van der Waals surface area contributed by atoms with Crippen LogP contribution in [0, 0.1) is 0 Å². The normalized spacial score (nSPS) is 16.9. The number of nitrogens with one attached hydrogen (secondary N) is 1. The van der Waals surface area contributed by atoms with Crippen LogP contribution in [0.25, 0.3) is 0 Å². The van der Waals surface area contributed by atoms with E-state index in [1.807, 2.05) is 37.3 Å². The number of carbonyl (C=O) groups is 1. The summed E-state index contributed by atoms with van der Waals surface area (Å²) in [5.74, 6) is 0.747. The molecule has 0 aliphatic heterocycles. The lowest BCUT2D eigenvalue weighted by molar-refractivity contribution is -0.127. The first-order valence-corrected chi connectivity index (χ1v) is 7.34. The SMILES string of the molecule is CC(CNC(=O)COC1CCCC1)Oc1ccccc1. The van der Waals surface area contributed by atoms with E-state index < -0.39 is 0 Å². The van der Waals surface area contributed by atoms with Crippen molar-refractivity contribution in [3.05, 3.63) is 30.3 Å². The summed E-state index contributed by atoms with van der Waals surface area (Å²) in [6.45, 7) is 2.58. The summed E-state index contributed by atoms with van der Waals surface area (Å²) in [4.78, 5) is 11.7. The first-order valence-electron chi connectivity index (χ1n) is 7.34. The van der Waals surface area contributed by atoms with Crippen LogP contribution in [-0.2, 0) is 9.53 Å². The molecule has 0 bridgehead atoms. The molecule has 0 saturated heterocycles. The maximum absolute atomic E-state index is 11.7. The molecule has 1 aromatic carbocycles. The molecule has 1 aromatic rings. The fraction of sp³-hybridized carbons (Fsp3) is 0.562. The zero-order valence-electron chi connectivity index (χ0n) is 12.0. The van der Waals surface area contributed by atoms with Crippen LogP contribution in [0.3, 0.4) is 0 Å². The van der Waals surface area contributed by atoms with Crippen LogP contribution >= 0.6 is 0 Å². The van der Waals surface area contributed by atoms with Crippen molar-refractivity contribution in [2.24, 2.45) is 0 Å². The summed E-state index contributed by atoms with van der Waals surface area (Å²) in [6, 6.07) is 9.61. The molecule has 1 amide bonds. The Labute approximate surface area is 120 Å². The second kappa shape index (κ2) is 7.90. The molecule has 1 saturated carbocycles. The van der Waals surface area contributed by atoms with Crippen molar-refractivity contribution in [1.29, 1.82) is 0 Å². The average molecular weight is 277 g/mol. The van der Waals surface area contributed by atoms with E-state index in [9.17, 15) is 4.79 Å². The summed E-state index contributed by atoms with van der Waals surface area (Å²) >= 11 is 0. The smallest absolute Gasteiger partial charge is 0.246 e. The van der Waals surface area contributed by atoms with Crippen molar-refractivity contribution < 1.29 is 14.3 Å². The minimum atomic E-state index is -0.0691. The van der Waals surface area contributed by atoms with Gasteiger partial charge in [-0.1, -0.05) is 31.0 Å². The molecule has 0 aromatic heterocycles. The molecule has 0 heterocycles. The Morgan fingerprint density at radius 3 is 2.70 bits per heavy atom. The van der Waals surface area contributed by atoms with Crippen molar-refractivity contribution >= 4 is 5.91 Å². The molecule has 0 radical (unpaired) electrons. The lowest BCUT2D eigenvalue weighted by atomic mass is 10.3. The average Bonchev–Trinajstić information content (AvgIpc) is 2.97. The third-order valence-electron chi connectivity index (χ3n) is 3.42. The highest BCUT2D eigenvalue weighted by molar-refractivity contribution is 5.77. The Bertz CT molecular complexity index is 401. The number of ether oxygens (including phenoxy) is 2. The molecular formula is C16H23NO3. The van der Waals surface area contributed by atoms with E-state index in [-0.39, 0.29) is 24.7 Å². The topological polar surface area (TPSA) is 47.6 Å². The van der Waals surface area contributed by atoms with E-state index in [4.69, 9.17) is 9.47 Å². The van der Waals surface area contributed by atoms with Gasteiger partial charge in [0.2, 0.25) is 5.91 Å². The number of amides is 1. The highest BCUT2D eigenvalue weighted by Crippen LogP contribution is 2.20. The molecule has 1 aliphatic carbocycles. The fourth-order valence-corrected chi connectivity index (χ4v) is 2.33. The van der Waals surface area contributed by atoms with Gasteiger partial charge < -0.3 is 14.8 Å². The van der Waals surface area contributed by atoms with Crippen LogP contribution in [0.2, 0.25) is 0 Å². The number of para-hydroxylation sites is 1. The summed E-state index contributed by atoms with van der Waals surface area (Å²) in [7, 11) is 0. The van der Waals surface area contributed by atoms with E-state index in [0.717, 1.165) is 18.6 Å². The molecule has 2 rings (SSSR count). The number of carbonyl (C=O) groups excluding carboxylic acids is 1. The van der Waals surface area contributed by atoms with E-state index >= 15 is 0 Å². The highest BCUT2D eigenvalue weighted by atomic mass is 16.5. The lowest BCUT2D eigenvalue weighted by Gasteiger charge is -2.16. The molecule has 20 heavy (non-hydrogen) atoms. The zero-order valence-corrected chi connectivity index (χ0v) is 12.0. The summed E-state index contributed by atoms with van der Waals surface area (Å²) in [5, 5.41) is 2.84. The van der Waals surface area contributed by atoms with Gasteiger partial charge in [-0.05, 0) is 31.9 Å². The van der Waals surface area contributed by atoms with Gasteiger partial charge in [0.1, 0.15) is 18.5 Å². The number of rotatable bonds is 7. The van der Waals surface area contributed by atoms with Gasteiger partial charge in [0, 0.05) is 0 Å². The molecule has 1 unspecified atom stereocenters. The van der Waals surface area contributed by atoms with Crippen molar-refractivity contribution in [2.45, 2.75) is 44.8 Å². The molecular weight excluding hydrogens is 254 g/mol. The van der Waals surface area contributed by atoms with E-state index in [0.29, 0.717) is 6.54 Å². The van der Waals surface area contributed by atoms with Crippen LogP contribution in [-0.4, -0.2) is 31.3 Å². The Kier molecular flexibility index (Phi) is 5.87. The van der Waals surface area contributed by atoms with E-state index in [1.54, 1.807) is 0 Å². The first kappa shape index (κ1) is 14.9. The molecule has 0 spiro atoms. The predicted octanol–water partition coefficient (Wildman–Crippen LogP) is 2.53.